The lowest BCUT2D eigenvalue weighted by Gasteiger charge is -2.19. The Labute approximate surface area is 228 Å². The van der Waals surface area contributed by atoms with Crippen LogP contribution in [0.5, 0.6) is 0 Å². The summed E-state index contributed by atoms with van der Waals surface area (Å²) in [7, 11) is 1.63. The summed E-state index contributed by atoms with van der Waals surface area (Å²) >= 11 is 8.55. The molecule has 0 aliphatic rings. The Bertz CT molecular complexity index is 1460. The molecule has 4 aromatic rings. The Kier molecular flexibility index (Phi) is 7.87. The summed E-state index contributed by atoms with van der Waals surface area (Å²) in [4.78, 5) is 31.1. The van der Waals surface area contributed by atoms with E-state index < -0.39 is 11.7 Å². The third-order valence-electron chi connectivity index (χ3n) is 5.46. The monoisotopic (exact) mass is 619 g/mol. The number of pyridine rings is 1. The van der Waals surface area contributed by atoms with E-state index in [0.29, 0.717) is 52.4 Å². The number of nitrogens with zero attached hydrogens (tertiary/aromatic N) is 2. The third-order valence-corrected chi connectivity index (χ3v) is 6.36. The second kappa shape index (κ2) is 10.7. The summed E-state index contributed by atoms with van der Waals surface area (Å²) in [6, 6.07) is 12.8. The minimum atomic E-state index is -0.660. The van der Waals surface area contributed by atoms with Crippen molar-refractivity contribution in [3.05, 3.63) is 62.8 Å². The number of amides is 1. The molecule has 0 saturated heterocycles. The van der Waals surface area contributed by atoms with E-state index in [0.717, 1.165) is 14.3 Å². The zero-order valence-corrected chi connectivity index (χ0v) is 23.4. The Morgan fingerprint density at radius 1 is 1.11 bits per heavy atom. The van der Waals surface area contributed by atoms with Gasteiger partial charge in [-0.25, -0.2) is 9.78 Å². The molecule has 2 aromatic heterocycles. The standard InChI is InChI=1S/C27H27ClIN3O4/c1-27(2,3)36-26(34)32-15-21(19-12-16(28)6-9-24(19)32)23-14-20(25(33)30-10-5-11-35-4)18-13-17(29)7-8-22(18)31-23/h6-9,12-15H,5,10-11H2,1-4H3,(H,30,33). The van der Waals surface area contributed by atoms with E-state index in [1.807, 2.05) is 39.0 Å². The first kappa shape index (κ1) is 26.4. The fraction of sp³-hybridized carbons (Fsp3) is 0.296. The Morgan fingerprint density at radius 3 is 2.61 bits per heavy atom. The first-order chi connectivity index (χ1) is 17.1. The smallest absolute Gasteiger partial charge is 0.419 e. The van der Waals surface area contributed by atoms with Crippen LogP contribution in [0.15, 0.2) is 48.7 Å². The summed E-state index contributed by atoms with van der Waals surface area (Å²) in [6.45, 7) is 6.50. The van der Waals surface area contributed by atoms with E-state index >= 15 is 0 Å². The number of halogens is 2. The van der Waals surface area contributed by atoms with Gasteiger partial charge in [-0.05, 0) is 92.2 Å². The highest BCUT2D eigenvalue weighted by Crippen LogP contribution is 2.34. The van der Waals surface area contributed by atoms with Crippen molar-refractivity contribution in [3.63, 3.8) is 0 Å². The van der Waals surface area contributed by atoms with Gasteiger partial charge in [0.25, 0.3) is 5.91 Å². The molecule has 0 aliphatic heterocycles. The van der Waals surface area contributed by atoms with E-state index in [1.165, 1.54) is 4.57 Å². The normalized spacial score (nSPS) is 11.7. The first-order valence-electron chi connectivity index (χ1n) is 11.5. The quantitative estimate of drug-likeness (QED) is 0.193. The van der Waals surface area contributed by atoms with Crippen molar-refractivity contribution in [2.24, 2.45) is 0 Å². The first-order valence-corrected chi connectivity index (χ1v) is 12.9. The van der Waals surface area contributed by atoms with Crippen LogP contribution in [0.3, 0.4) is 0 Å². The van der Waals surface area contributed by atoms with Crippen LogP contribution in [0.25, 0.3) is 33.1 Å². The van der Waals surface area contributed by atoms with Gasteiger partial charge in [0.2, 0.25) is 0 Å². The number of hydrogen-bond donors (Lipinski definition) is 1. The van der Waals surface area contributed by atoms with Gasteiger partial charge in [0, 0.05) is 51.4 Å². The summed E-state index contributed by atoms with van der Waals surface area (Å²) < 4.78 is 13.1. The molecule has 36 heavy (non-hydrogen) atoms. The molecular formula is C27H27ClIN3O4. The Balaban J connectivity index is 1.87. The van der Waals surface area contributed by atoms with Crippen LogP contribution in [0, 0.1) is 3.57 Å². The average Bonchev–Trinajstić information content (AvgIpc) is 3.19. The molecule has 0 unspecified atom stereocenters. The number of methoxy groups -OCH3 is 1. The largest absolute Gasteiger partial charge is 0.443 e. The number of ether oxygens (including phenoxy) is 2. The van der Waals surface area contributed by atoms with Crippen LogP contribution in [-0.2, 0) is 9.47 Å². The molecule has 0 radical (unpaired) electrons. The third kappa shape index (κ3) is 5.82. The number of fused-ring (bicyclic) bond motifs is 2. The second-order valence-electron chi connectivity index (χ2n) is 9.37. The summed E-state index contributed by atoms with van der Waals surface area (Å²) in [5.74, 6) is -0.198. The molecule has 0 aliphatic carbocycles. The molecule has 9 heteroatoms. The van der Waals surface area contributed by atoms with Gasteiger partial charge in [-0.3, -0.25) is 9.36 Å². The molecule has 4 rings (SSSR count). The molecule has 1 N–H and O–H groups in total. The molecule has 0 spiro atoms. The summed E-state index contributed by atoms with van der Waals surface area (Å²) in [6.07, 6.45) is 1.89. The minimum absolute atomic E-state index is 0.198. The molecule has 0 saturated carbocycles. The van der Waals surface area contributed by atoms with Crippen molar-refractivity contribution in [2.75, 3.05) is 20.3 Å². The zero-order chi connectivity index (χ0) is 26.0. The van der Waals surface area contributed by atoms with Crippen LogP contribution >= 0.6 is 34.2 Å². The molecule has 0 atom stereocenters. The molecular weight excluding hydrogens is 593 g/mol. The average molecular weight is 620 g/mol. The number of carbonyl (C=O) groups is 2. The fourth-order valence-electron chi connectivity index (χ4n) is 3.91. The van der Waals surface area contributed by atoms with E-state index in [9.17, 15) is 9.59 Å². The summed E-state index contributed by atoms with van der Waals surface area (Å²) in [5.41, 5.74) is 2.39. The van der Waals surface area contributed by atoms with Gasteiger partial charge in [0.15, 0.2) is 0 Å². The molecule has 7 nitrogen and oxygen atoms in total. The van der Waals surface area contributed by atoms with Gasteiger partial charge in [-0.15, -0.1) is 0 Å². The lowest BCUT2D eigenvalue weighted by molar-refractivity contribution is 0.0544. The van der Waals surface area contributed by atoms with Crippen molar-refractivity contribution in [1.82, 2.24) is 14.9 Å². The molecule has 0 fully saturated rings. The number of hydrogen-bond acceptors (Lipinski definition) is 5. The van der Waals surface area contributed by atoms with Gasteiger partial charge in [-0.2, -0.15) is 0 Å². The summed E-state index contributed by atoms with van der Waals surface area (Å²) in [5, 5.41) is 4.98. The number of aromatic nitrogens is 2. The zero-order valence-electron chi connectivity index (χ0n) is 20.5. The van der Waals surface area contributed by atoms with E-state index in [4.69, 9.17) is 26.1 Å². The number of carbonyl (C=O) groups excluding carboxylic acids is 2. The Morgan fingerprint density at radius 2 is 1.89 bits per heavy atom. The number of nitrogens with one attached hydrogen (secondary N) is 1. The van der Waals surface area contributed by atoms with Crippen molar-refractivity contribution in [1.29, 1.82) is 0 Å². The minimum Gasteiger partial charge on any atom is -0.443 e. The topological polar surface area (TPSA) is 82.5 Å². The van der Waals surface area contributed by atoms with Gasteiger partial charge >= 0.3 is 6.09 Å². The van der Waals surface area contributed by atoms with Gasteiger partial charge in [0.1, 0.15) is 5.60 Å². The van der Waals surface area contributed by atoms with Crippen LogP contribution < -0.4 is 5.32 Å². The van der Waals surface area contributed by atoms with Gasteiger partial charge in [-0.1, -0.05) is 11.6 Å². The van der Waals surface area contributed by atoms with Gasteiger partial charge in [0.05, 0.1) is 22.3 Å². The molecule has 1 amide bonds. The lowest BCUT2D eigenvalue weighted by Crippen LogP contribution is -2.26. The lowest BCUT2D eigenvalue weighted by atomic mass is 10.0. The highest BCUT2D eigenvalue weighted by Gasteiger charge is 2.23. The number of benzene rings is 2. The molecule has 2 aromatic carbocycles. The van der Waals surface area contributed by atoms with E-state index in [1.54, 1.807) is 37.6 Å². The van der Waals surface area contributed by atoms with Crippen LogP contribution in [0.1, 0.15) is 37.6 Å². The van der Waals surface area contributed by atoms with E-state index in [2.05, 4.69) is 27.9 Å². The fourth-order valence-corrected chi connectivity index (χ4v) is 4.57. The predicted molar refractivity (Wildman–Crippen MR) is 151 cm³/mol. The van der Waals surface area contributed by atoms with Crippen molar-refractivity contribution in [3.8, 4) is 11.3 Å². The van der Waals surface area contributed by atoms with Crippen LogP contribution in [0.4, 0.5) is 4.79 Å². The van der Waals surface area contributed by atoms with Crippen molar-refractivity contribution >= 4 is 68.0 Å². The van der Waals surface area contributed by atoms with Crippen LogP contribution in [-0.4, -0.2) is 47.4 Å². The Hall–Kier alpha value is -2.69. The highest BCUT2D eigenvalue weighted by molar-refractivity contribution is 14.1. The van der Waals surface area contributed by atoms with E-state index in [-0.39, 0.29) is 5.91 Å². The van der Waals surface area contributed by atoms with Gasteiger partial charge < -0.3 is 14.8 Å². The molecule has 188 valence electrons. The SMILES string of the molecule is COCCCNC(=O)c1cc(-c2cn(C(=O)OC(C)(C)C)c3ccc(Cl)cc23)nc2ccc(I)cc12. The highest BCUT2D eigenvalue weighted by atomic mass is 127. The number of rotatable bonds is 6. The van der Waals surface area contributed by atoms with Crippen molar-refractivity contribution < 1.29 is 19.1 Å². The maximum atomic E-state index is 13.2. The van der Waals surface area contributed by atoms with Crippen LogP contribution in [0.2, 0.25) is 5.02 Å². The maximum Gasteiger partial charge on any atom is 0.419 e. The molecule has 2 heterocycles. The maximum absolute atomic E-state index is 13.2. The molecule has 0 bridgehead atoms. The second-order valence-corrected chi connectivity index (χ2v) is 11.1. The van der Waals surface area contributed by atoms with Crippen molar-refractivity contribution in [2.45, 2.75) is 32.8 Å². The predicted octanol–water partition coefficient (Wildman–Crippen LogP) is 6.66.